The van der Waals surface area contributed by atoms with Gasteiger partial charge in [-0.25, -0.2) is 9.59 Å². The highest BCUT2D eigenvalue weighted by Crippen LogP contribution is 2.32. The molecule has 0 aromatic heterocycles. The number of hydrogen-bond donors (Lipinski definition) is 0. The summed E-state index contributed by atoms with van der Waals surface area (Å²) in [5.41, 5.74) is 3.73. The Morgan fingerprint density at radius 1 is 0.667 bits per heavy atom. The molecule has 3 rings (SSSR count). The maximum Gasteiger partial charge on any atom is 0.341 e. The number of ether oxygens (including phenoxy) is 4. The Kier molecular flexibility index (Phi) is 12.0. The van der Waals surface area contributed by atoms with Crippen molar-refractivity contribution in [3.63, 3.8) is 0 Å². The lowest BCUT2D eigenvalue weighted by Crippen LogP contribution is -2.56. The Hall–Kier alpha value is -2.52. The van der Waals surface area contributed by atoms with Crippen LogP contribution in [0.2, 0.25) is 20.1 Å². The molecule has 0 amide bonds. The van der Waals surface area contributed by atoms with Gasteiger partial charge in [0.15, 0.2) is 0 Å². The van der Waals surface area contributed by atoms with Crippen LogP contribution in [0.25, 0.3) is 0 Å². The average molecular weight is 657 g/mol. The molecule has 0 bridgehead atoms. The van der Waals surface area contributed by atoms with Crippen LogP contribution >= 0.6 is 46.4 Å². The van der Waals surface area contributed by atoms with Gasteiger partial charge in [-0.2, -0.15) is 0 Å². The van der Waals surface area contributed by atoms with Gasteiger partial charge < -0.3 is 18.9 Å². The van der Waals surface area contributed by atoms with Crippen LogP contribution in [-0.2, 0) is 18.9 Å². The van der Waals surface area contributed by atoms with E-state index >= 15 is 0 Å². The first-order valence-corrected chi connectivity index (χ1v) is 14.5. The van der Waals surface area contributed by atoms with Crippen molar-refractivity contribution in [1.82, 2.24) is 0 Å². The molecule has 0 aliphatic heterocycles. The average Bonchev–Trinajstić information content (AvgIpc) is 2.96. The molecule has 3 aromatic rings. The molecule has 0 saturated heterocycles. The van der Waals surface area contributed by atoms with Crippen LogP contribution in [0.5, 0.6) is 0 Å². The van der Waals surface area contributed by atoms with Crippen molar-refractivity contribution in [2.75, 3.05) is 19.1 Å². The van der Waals surface area contributed by atoms with Crippen molar-refractivity contribution < 1.29 is 28.5 Å². The molecule has 42 heavy (non-hydrogen) atoms. The van der Waals surface area contributed by atoms with E-state index in [0.29, 0.717) is 15.7 Å². The number of nitrogens with zero attached hydrogens (tertiary/aromatic N) is 1. The van der Waals surface area contributed by atoms with Gasteiger partial charge in [0.25, 0.3) is 0 Å². The fourth-order valence-corrected chi connectivity index (χ4v) is 4.98. The lowest BCUT2D eigenvalue weighted by Gasteiger charge is -2.42. The van der Waals surface area contributed by atoms with Gasteiger partial charge in [0.05, 0.1) is 21.2 Å². The lowest BCUT2D eigenvalue weighted by atomic mass is 10.0. The molecular formula is C31H33Cl4NO6. The van der Waals surface area contributed by atoms with Gasteiger partial charge in [-0.3, -0.25) is 4.90 Å². The molecule has 0 N–H and O–H groups in total. The van der Waals surface area contributed by atoms with E-state index in [9.17, 15) is 9.59 Å². The highest BCUT2D eigenvalue weighted by atomic mass is 35.5. The number of esters is 2. The third-order valence-corrected chi connectivity index (χ3v) is 8.19. The minimum atomic E-state index is -1.13. The standard InChI is InChI=1S/C31H33Cl4NO6/c1-16-12-23(13-17(2)18(16)3)36(28(19(4)39-6)41-30(37)24-14-21(32)8-10-26(24)34)29(20(5)40-7)42-31(38)25-15-22(33)9-11-27(25)35/h8-15,19-20,28-29H,1-7H3. The molecule has 11 heteroatoms. The summed E-state index contributed by atoms with van der Waals surface area (Å²) in [7, 11) is 2.96. The largest absolute Gasteiger partial charge is 0.435 e. The van der Waals surface area contributed by atoms with Gasteiger partial charge in [-0.15, -0.1) is 0 Å². The summed E-state index contributed by atoms with van der Waals surface area (Å²) in [6.45, 7) is 9.38. The lowest BCUT2D eigenvalue weighted by molar-refractivity contribution is -0.0742. The zero-order chi connectivity index (χ0) is 31.3. The van der Waals surface area contributed by atoms with Crippen LogP contribution in [0.15, 0.2) is 48.5 Å². The van der Waals surface area contributed by atoms with Crippen LogP contribution in [0, 0.1) is 20.8 Å². The number of carbonyl (C=O) groups is 2. The first kappa shape index (κ1) is 34.0. The summed E-state index contributed by atoms with van der Waals surface area (Å²) < 4.78 is 23.5. The van der Waals surface area contributed by atoms with E-state index in [0.717, 1.165) is 16.7 Å². The minimum absolute atomic E-state index is 0.0627. The fraction of sp³-hybridized carbons (Fsp3) is 0.355. The SMILES string of the molecule is COC(C)C(OC(=O)c1cc(Cl)ccc1Cl)N(c1cc(C)c(C)c(C)c1)C(OC(=O)c1cc(Cl)ccc1Cl)C(C)OC. The molecule has 0 fully saturated rings. The Bertz CT molecular complexity index is 1350. The van der Waals surface area contributed by atoms with E-state index in [1.165, 1.54) is 38.5 Å². The molecule has 4 unspecified atom stereocenters. The molecule has 0 aliphatic carbocycles. The second kappa shape index (κ2) is 14.8. The van der Waals surface area contributed by atoms with Crippen molar-refractivity contribution in [2.45, 2.75) is 59.3 Å². The Morgan fingerprint density at radius 2 is 1.05 bits per heavy atom. The smallest absolute Gasteiger partial charge is 0.341 e. The van der Waals surface area contributed by atoms with Gasteiger partial charge in [-0.1, -0.05) is 46.4 Å². The molecule has 7 nitrogen and oxygen atoms in total. The first-order valence-electron chi connectivity index (χ1n) is 13.0. The van der Waals surface area contributed by atoms with Gasteiger partial charge in [0, 0.05) is 30.0 Å². The summed E-state index contributed by atoms with van der Waals surface area (Å²) in [6, 6.07) is 12.8. The predicted molar refractivity (Wildman–Crippen MR) is 167 cm³/mol. The fourth-order valence-electron chi connectivity index (χ4n) is 4.25. The van der Waals surface area contributed by atoms with E-state index in [1.54, 1.807) is 30.9 Å². The van der Waals surface area contributed by atoms with Crippen LogP contribution in [-0.4, -0.2) is 50.8 Å². The molecule has 0 spiro atoms. The van der Waals surface area contributed by atoms with Gasteiger partial charge in [-0.05, 0) is 99.8 Å². The first-order chi connectivity index (χ1) is 19.8. The molecule has 0 saturated carbocycles. The summed E-state index contributed by atoms with van der Waals surface area (Å²) in [6.07, 6.45) is -3.73. The van der Waals surface area contributed by atoms with Crippen molar-refractivity contribution in [1.29, 1.82) is 0 Å². The number of carbonyl (C=O) groups excluding carboxylic acids is 2. The quantitative estimate of drug-likeness (QED) is 0.151. The van der Waals surface area contributed by atoms with E-state index in [2.05, 4.69) is 0 Å². The van der Waals surface area contributed by atoms with E-state index in [1.807, 2.05) is 32.9 Å². The normalized spacial score (nSPS) is 14.1. The summed E-state index contributed by atoms with van der Waals surface area (Å²) in [4.78, 5) is 28.7. The second-order valence-electron chi connectivity index (χ2n) is 9.83. The monoisotopic (exact) mass is 655 g/mol. The van der Waals surface area contributed by atoms with Gasteiger partial charge in [0.2, 0.25) is 12.5 Å². The van der Waals surface area contributed by atoms with E-state index in [-0.39, 0.29) is 21.2 Å². The highest BCUT2D eigenvalue weighted by Gasteiger charge is 2.40. The van der Waals surface area contributed by atoms with Crippen LogP contribution in [0.4, 0.5) is 5.69 Å². The Morgan fingerprint density at radius 3 is 1.40 bits per heavy atom. The zero-order valence-electron chi connectivity index (χ0n) is 24.3. The van der Waals surface area contributed by atoms with E-state index in [4.69, 9.17) is 65.4 Å². The van der Waals surface area contributed by atoms with Crippen molar-refractivity contribution in [2.24, 2.45) is 0 Å². The van der Waals surface area contributed by atoms with Crippen LogP contribution < -0.4 is 4.90 Å². The molecular weight excluding hydrogens is 624 g/mol. The minimum Gasteiger partial charge on any atom is -0.435 e. The van der Waals surface area contributed by atoms with Crippen molar-refractivity contribution >= 4 is 64.0 Å². The summed E-state index contributed by atoms with van der Waals surface area (Å²) >= 11 is 25.0. The molecule has 4 atom stereocenters. The Balaban J connectivity index is 2.21. The van der Waals surface area contributed by atoms with Crippen molar-refractivity contribution in [3.8, 4) is 0 Å². The summed E-state index contributed by atoms with van der Waals surface area (Å²) in [5, 5.41) is 0.932. The molecule has 226 valence electrons. The number of aryl methyl sites for hydroxylation is 2. The number of methoxy groups -OCH3 is 2. The van der Waals surface area contributed by atoms with Crippen molar-refractivity contribution in [3.05, 3.63) is 96.4 Å². The third kappa shape index (κ3) is 7.90. The van der Waals surface area contributed by atoms with Crippen LogP contribution in [0.3, 0.4) is 0 Å². The number of rotatable bonds is 11. The molecule has 0 radical (unpaired) electrons. The molecule has 3 aromatic carbocycles. The number of anilines is 1. The topological polar surface area (TPSA) is 74.3 Å². The second-order valence-corrected chi connectivity index (χ2v) is 11.5. The van der Waals surface area contributed by atoms with Crippen LogP contribution in [0.1, 0.15) is 51.3 Å². The highest BCUT2D eigenvalue weighted by molar-refractivity contribution is 6.36. The zero-order valence-corrected chi connectivity index (χ0v) is 27.4. The molecule has 0 aliphatic rings. The summed E-state index contributed by atoms with van der Waals surface area (Å²) in [5.74, 6) is -1.51. The van der Waals surface area contributed by atoms with Gasteiger partial charge >= 0.3 is 11.9 Å². The maximum absolute atomic E-state index is 13.5. The molecule has 0 heterocycles. The third-order valence-electron chi connectivity index (χ3n) is 7.06. The van der Waals surface area contributed by atoms with Gasteiger partial charge in [0.1, 0.15) is 12.2 Å². The number of halogens is 4. The maximum atomic E-state index is 13.5. The number of benzene rings is 3. The number of hydrogen-bond acceptors (Lipinski definition) is 7. The Labute approximate surface area is 266 Å². The van der Waals surface area contributed by atoms with E-state index < -0.39 is 36.6 Å². The predicted octanol–water partition coefficient (Wildman–Crippen LogP) is 8.47.